The number of H-pyrrole nitrogens is 1. The van der Waals surface area contributed by atoms with E-state index in [0.717, 1.165) is 33.4 Å². The molecular weight excluding hydrogens is 364 g/mol. The molecule has 29 heavy (non-hydrogen) atoms. The molecule has 0 saturated heterocycles. The zero-order valence-electron chi connectivity index (χ0n) is 16.9. The predicted molar refractivity (Wildman–Crippen MR) is 112 cm³/mol. The molecule has 3 atom stereocenters. The summed E-state index contributed by atoms with van der Waals surface area (Å²) in [6.07, 6.45) is 0.702. The highest BCUT2D eigenvalue weighted by molar-refractivity contribution is 6.12. The number of amides is 1. The van der Waals surface area contributed by atoms with Crippen molar-refractivity contribution in [2.24, 2.45) is 5.92 Å². The van der Waals surface area contributed by atoms with E-state index in [2.05, 4.69) is 11.9 Å². The summed E-state index contributed by atoms with van der Waals surface area (Å²) in [4.78, 5) is 32.5. The van der Waals surface area contributed by atoms with Gasteiger partial charge in [0.25, 0.3) is 0 Å². The number of aromatic nitrogens is 1. The van der Waals surface area contributed by atoms with Gasteiger partial charge < -0.3 is 14.6 Å². The summed E-state index contributed by atoms with van der Waals surface area (Å²) in [5, 5.41) is 0.992. The van der Waals surface area contributed by atoms with E-state index in [1.807, 2.05) is 55.5 Å². The average Bonchev–Trinajstić information content (AvgIpc) is 3.19. The summed E-state index contributed by atoms with van der Waals surface area (Å²) in [5.41, 5.74) is 3.77. The van der Waals surface area contributed by atoms with E-state index in [9.17, 15) is 9.59 Å². The number of hydrogen-bond acceptors (Lipinski definition) is 3. The summed E-state index contributed by atoms with van der Waals surface area (Å²) in [6, 6.07) is 15.8. The molecule has 2 heterocycles. The molecule has 5 heteroatoms. The van der Waals surface area contributed by atoms with Crippen molar-refractivity contribution in [1.29, 1.82) is 0 Å². The molecule has 1 aliphatic heterocycles. The van der Waals surface area contributed by atoms with Crippen LogP contribution in [0.15, 0.2) is 48.5 Å². The SMILES string of the molecule is CCOC(=O)[C@@H]1c2c([nH]c3ccccc23)C[C@@H](C)[C@@]12C(=O)N(C)c1ccccc12. The number of carbonyl (C=O) groups is 2. The van der Waals surface area contributed by atoms with Gasteiger partial charge in [0.15, 0.2) is 0 Å². The smallest absolute Gasteiger partial charge is 0.314 e. The van der Waals surface area contributed by atoms with Crippen LogP contribution in [0, 0.1) is 5.92 Å². The Hall–Kier alpha value is -3.08. The molecule has 5 nitrogen and oxygen atoms in total. The molecule has 1 aliphatic carbocycles. The molecule has 1 amide bonds. The van der Waals surface area contributed by atoms with Crippen LogP contribution in [0.1, 0.15) is 36.6 Å². The molecule has 0 saturated carbocycles. The van der Waals surface area contributed by atoms with Gasteiger partial charge in [-0.1, -0.05) is 43.3 Å². The molecular formula is C24H24N2O3. The van der Waals surface area contributed by atoms with Crippen LogP contribution in [-0.4, -0.2) is 30.5 Å². The second kappa shape index (κ2) is 6.21. The maximum absolute atomic E-state index is 13.8. The lowest BCUT2D eigenvalue weighted by Gasteiger charge is -2.43. The van der Waals surface area contributed by atoms with E-state index in [-0.39, 0.29) is 24.4 Å². The van der Waals surface area contributed by atoms with E-state index in [1.165, 1.54) is 0 Å². The van der Waals surface area contributed by atoms with Crippen molar-refractivity contribution in [2.45, 2.75) is 31.6 Å². The van der Waals surface area contributed by atoms with Crippen molar-refractivity contribution < 1.29 is 14.3 Å². The molecule has 0 unspecified atom stereocenters. The number of anilines is 1. The molecule has 3 aromatic rings. The highest BCUT2D eigenvalue weighted by Crippen LogP contribution is 2.58. The van der Waals surface area contributed by atoms with E-state index in [0.29, 0.717) is 6.42 Å². The zero-order valence-corrected chi connectivity index (χ0v) is 16.9. The van der Waals surface area contributed by atoms with Crippen LogP contribution in [0.25, 0.3) is 10.9 Å². The Morgan fingerprint density at radius 2 is 1.93 bits per heavy atom. The Kier molecular flexibility index (Phi) is 3.85. The van der Waals surface area contributed by atoms with Crippen LogP contribution in [0.2, 0.25) is 0 Å². The Bertz CT molecular complexity index is 1150. The number of aromatic amines is 1. The fourth-order valence-corrected chi connectivity index (χ4v) is 5.59. The van der Waals surface area contributed by atoms with Crippen molar-refractivity contribution in [1.82, 2.24) is 4.98 Å². The highest BCUT2D eigenvalue weighted by Gasteiger charge is 2.63. The van der Waals surface area contributed by atoms with Gasteiger partial charge in [0, 0.05) is 29.3 Å². The summed E-state index contributed by atoms with van der Waals surface area (Å²) in [6.45, 7) is 4.17. The third-order valence-corrected chi connectivity index (χ3v) is 6.75. The third-order valence-electron chi connectivity index (χ3n) is 6.75. The van der Waals surface area contributed by atoms with Crippen molar-refractivity contribution in [3.05, 3.63) is 65.4 Å². The first-order chi connectivity index (χ1) is 14.0. The number of para-hydroxylation sites is 2. The molecule has 2 aromatic carbocycles. The van der Waals surface area contributed by atoms with Gasteiger partial charge in [-0.3, -0.25) is 9.59 Å². The van der Waals surface area contributed by atoms with E-state index in [1.54, 1.807) is 11.9 Å². The molecule has 0 radical (unpaired) electrons. The van der Waals surface area contributed by atoms with Gasteiger partial charge in [0.2, 0.25) is 5.91 Å². The lowest BCUT2D eigenvalue weighted by molar-refractivity contribution is -0.151. The number of carbonyl (C=O) groups excluding carboxylic acids is 2. The molecule has 1 aromatic heterocycles. The van der Waals surface area contributed by atoms with Crippen molar-refractivity contribution in [3.63, 3.8) is 0 Å². The van der Waals surface area contributed by atoms with Crippen molar-refractivity contribution in [3.8, 4) is 0 Å². The van der Waals surface area contributed by atoms with Crippen molar-refractivity contribution in [2.75, 3.05) is 18.6 Å². The number of rotatable bonds is 2. The topological polar surface area (TPSA) is 62.4 Å². The zero-order chi connectivity index (χ0) is 20.3. The molecule has 0 fully saturated rings. The fourth-order valence-electron chi connectivity index (χ4n) is 5.59. The largest absolute Gasteiger partial charge is 0.465 e. The highest BCUT2D eigenvalue weighted by atomic mass is 16.5. The first-order valence-corrected chi connectivity index (χ1v) is 10.2. The number of ether oxygens (including phenoxy) is 1. The summed E-state index contributed by atoms with van der Waals surface area (Å²) in [7, 11) is 1.80. The monoisotopic (exact) mass is 388 g/mol. The molecule has 1 spiro atoms. The van der Waals surface area contributed by atoms with Crippen LogP contribution in [-0.2, 0) is 26.2 Å². The van der Waals surface area contributed by atoms with Gasteiger partial charge in [-0.05, 0) is 42.5 Å². The van der Waals surface area contributed by atoms with Crippen LogP contribution >= 0.6 is 0 Å². The number of benzene rings is 2. The Balaban J connectivity index is 1.86. The van der Waals surface area contributed by atoms with Crippen LogP contribution in [0.5, 0.6) is 0 Å². The molecule has 2 aliphatic rings. The Morgan fingerprint density at radius 1 is 1.21 bits per heavy atom. The van der Waals surface area contributed by atoms with Crippen LogP contribution < -0.4 is 4.90 Å². The number of fused-ring (bicyclic) bond motifs is 5. The standard InChI is InChI=1S/C24H24N2O3/c1-4-29-22(27)21-20-15-9-5-7-11-17(15)25-18(20)13-14(2)24(21)16-10-6-8-12-19(16)26(3)23(24)28/h5-12,14,21,25H,4,13H2,1-3H3/t14-,21+,24+/m1/s1. The minimum Gasteiger partial charge on any atom is -0.465 e. The van der Waals surface area contributed by atoms with Gasteiger partial charge >= 0.3 is 5.97 Å². The van der Waals surface area contributed by atoms with E-state index < -0.39 is 11.3 Å². The number of likely N-dealkylation sites (N-methyl/N-ethyl adjacent to an activating group) is 1. The van der Waals surface area contributed by atoms with Gasteiger partial charge in [0.05, 0.1) is 12.0 Å². The van der Waals surface area contributed by atoms with Gasteiger partial charge in [0.1, 0.15) is 5.92 Å². The van der Waals surface area contributed by atoms with E-state index in [4.69, 9.17) is 4.74 Å². The van der Waals surface area contributed by atoms with Crippen molar-refractivity contribution >= 4 is 28.5 Å². The first kappa shape index (κ1) is 18.0. The third kappa shape index (κ3) is 2.16. The summed E-state index contributed by atoms with van der Waals surface area (Å²) in [5.74, 6) is -1.10. The minimum atomic E-state index is -0.963. The van der Waals surface area contributed by atoms with Crippen LogP contribution in [0.3, 0.4) is 0 Å². The first-order valence-electron chi connectivity index (χ1n) is 10.2. The maximum Gasteiger partial charge on any atom is 0.314 e. The number of nitrogens with one attached hydrogen (secondary N) is 1. The Morgan fingerprint density at radius 3 is 2.72 bits per heavy atom. The van der Waals surface area contributed by atoms with Gasteiger partial charge in [-0.15, -0.1) is 0 Å². The number of nitrogens with zero attached hydrogens (tertiary/aromatic N) is 1. The quantitative estimate of drug-likeness (QED) is 0.677. The average molecular weight is 388 g/mol. The second-order valence-electron chi connectivity index (χ2n) is 8.10. The minimum absolute atomic E-state index is 0.0276. The Labute approximate surface area is 169 Å². The fraction of sp³-hybridized carbons (Fsp3) is 0.333. The molecule has 5 rings (SSSR count). The number of esters is 1. The lowest BCUT2D eigenvalue weighted by atomic mass is 9.57. The molecule has 1 N–H and O–H groups in total. The number of hydrogen-bond donors (Lipinski definition) is 1. The van der Waals surface area contributed by atoms with E-state index >= 15 is 0 Å². The second-order valence-corrected chi connectivity index (χ2v) is 8.10. The maximum atomic E-state index is 13.8. The predicted octanol–water partition coefficient (Wildman–Crippen LogP) is 3.92. The summed E-state index contributed by atoms with van der Waals surface area (Å²) >= 11 is 0. The van der Waals surface area contributed by atoms with Gasteiger partial charge in [-0.2, -0.15) is 0 Å². The normalized spacial score (nSPS) is 25.3. The molecule has 0 bridgehead atoms. The summed E-state index contributed by atoms with van der Waals surface area (Å²) < 4.78 is 5.57. The van der Waals surface area contributed by atoms with Gasteiger partial charge in [-0.25, -0.2) is 0 Å². The van der Waals surface area contributed by atoms with Crippen LogP contribution in [0.4, 0.5) is 5.69 Å². The molecule has 148 valence electrons. The lowest BCUT2D eigenvalue weighted by Crippen LogP contribution is -2.53.